The smallest absolute Gasteiger partial charge is 0.378 e. The second-order valence-corrected chi connectivity index (χ2v) is 11.1. The number of halogens is 3. The molecule has 5 rings (SSSR count). The van der Waals surface area contributed by atoms with Crippen molar-refractivity contribution in [1.82, 2.24) is 25.4 Å². The second-order valence-electron chi connectivity index (χ2n) is 9.56. The summed E-state index contributed by atoms with van der Waals surface area (Å²) in [5.41, 5.74) is 2.39. The Hall–Kier alpha value is -3.74. The van der Waals surface area contributed by atoms with Crippen molar-refractivity contribution in [2.45, 2.75) is 37.0 Å². The van der Waals surface area contributed by atoms with Crippen molar-refractivity contribution in [3.63, 3.8) is 0 Å². The minimum absolute atomic E-state index is 0.00455. The van der Waals surface area contributed by atoms with Crippen LogP contribution in [0, 0.1) is 6.92 Å². The maximum absolute atomic E-state index is 13.0. The zero-order chi connectivity index (χ0) is 28.3. The largest absolute Gasteiger partial charge is 0.433 e. The first-order valence-electron chi connectivity index (χ1n) is 12.8. The number of pyridine rings is 1. The zero-order valence-electron chi connectivity index (χ0n) is 21.6. The first-order chi connectivity index (χ1) is 19.1. The minimum atomic E-state index is -4.69. The Bertz CT molecular complexity index is 1570. The van der Waals surface area contributed by atoms with Gasteiger partial charge in [0.1, 0.15) is 10.6 Å². The molecule has 1 aliphatic rings. The van der Waals surface area contributed by atoms with E-state index in [1.807, 2.05) is 48.0 Å². The van der Waals surface area contributed by atoms with Crippen molar-refractivity contribution in [2.24, 2.45) is 0 Å². The van der Waals surface area contributed by atoms with Gasteiger partial charge in [0.15, 0.2) is 5.75 Å². The van der Waals surface area contributed by atoms with E-state index in [1.54, 1.807) is 12.1 Å². The number of rotatable bonds is 9. The SMILES string of the molecule is Cc1ccc(OS(=O)(=O)c2ccc(C(F)(F)F)nc2)c(-c2cc(-c3ccccc3)n(CCN[C@@H]3CCNC3)n2)c1. The maximum Gasteiger partial charge on any atom is 0.433 e. The van der Waals surface area contributed by atoms with Crippen LogP contribution >= 0.6 is 0 Å². The van der Waals surface area contributed by atoms with E-state index in [0.717, 1.165) is 42.4 Å². The standard InChI is InChI=1S/C28H28F3N5O3S/c1-19-7-9-26(39-40(37,38)22-8-10-27(34-18-22)28(29,30)31)23(15-19)24-16-25(20-5-3-2-4-6-20)36(35-24)14-13-33-21-11-12-32-17-21/h2-10,15-16,18,21,32-33H,11-14,17H2,1H3/t21-/m1/s1. The Morgan fingerprint density at radius 3 is 2.58 bits per heavy atom. The van der Waals surface area contributed by atoms with Crippen LogP contribution in [-0.4, -0.2) is 48.9 Å². The Labute approximate surface area is 230 Å². The Kier molecular flexibility index (Phi) is 7.92. The second kappa shape index (κ2) is 11.4. The molecule has 1 atom stereocenters. The van der Waals surface area contributed by atoms with Gasteiger partial charge in [-0.3, -0.25) is 9.67 Å². The van der Waals surface area contributed by atoms with E-state index in [4.69, 9.17) is 9.28 Å². The van der Waals surface area contributed by atoms with Gasteiger partial charge in [-0.1, -0.05) is 42.0 Å². The number of hydrogen-bond acceptors (Lipinski definition) is 7. The summed E-state index contributed by atoms with van der Waals surface area (Å²) in [6, 6.07) is 18.4. The van der Waals surface area contributed by atoms with Gasteiger partial charge >= 0.3 is 16.3 Å². The quantitative estimate of drug-likeness (QED) is 0.282. The number of aryl methyl sites for hydroxylation is 1. The molecule has 1 fully saturated rings. The van der Waals surface area contributed by atoms with Crippen LogP contribution in [0.2, 0.25) is 0 Å². The normalized spacial score (nSPS) is 15.8. The summed E-state index contributed by atoms with van der Waals surface area (Å²) in [5, 5.41) is 11.7. The fourth-order valence-corrected chi connectivity index (χ4v) is 5.44. The van der Waals surface area contributed by atoms with Crippen molar-refractivity contribution < 1.29 is 25.8 Å². The Balaban J connectivity index is 1.47. The van der Waals surface area contributed by atoms with Gasteiger partial charge in [0.2, 0.25) is 0 Å². The highest BCUT2D eigenvalue weighted by molar-refractivity contribution is 7.87. The van der Waals surface area contributed by atoms with E-state index >= 15 is 0 Å². The lowest BCUT2D eigenvalue weighted by Crippen LogP contribution is -2.33. The van der Waals surface area contributed by atoms with Gasteiger partial charge in [-0.05, 0) is 55.8 Å². The van der Waals surface area contributed by atoms with Gasteiger partial charge in [0.25, 0.3) is 0 Å². The average molecular weight is 572 g/mol. The average Bonchev–Trinajstić information content (AvgIpc) is 3.60. The molecule has 0 amide bonds. The molecule has 0 aliphatic carbocycles. The number of aromatic nitrogens is 3. The third-order valence-corrected chi connectivity index (χ3v) is 7.81. The van der Waals surface area contributed by atoms with E-state index in [1.165, 1.54) is 6.07 Å². The van der Waals surface area contributed by atoms with E-state index in [9.17, 15) is 21.6 Å². The van der Waals surface area contributed by atoms with Crippen LogP contribution in [0.3, 0.4) is 0 Å². The lowest BCUT2D eigenvalue weighted by Gasteiger charge is -2.13. The summed E-state index contributed by atoms with van der Waals surface area (Å²) in [4.78, 5) is 2.76. The summed E-state index contributed by atoms with van der Waals surface area (Å²) in [7, 11) is -4.48. The molecular weight excluding hydrogens is 543 g/mol. The van der Waals surface area contributed by atoms with Gasteiger partial charge < -0.3 is 14.8 Å². The fourth-order valence-electron chi connectivity index (χ4n) is 4.54. The first kappa shape index (κ1) is 27.8. The molecule has 0 saturated carbocycles. The van der Waals surface area contributed by atoms with Gasteiger partial charge in [-0.15, -0.1) is 0 Å². The molecule has 12 heteroatoms. The van der Waals surface area contributed by atoms with Crippen molar-refractivity contribution in [3.8, 4) is 28.3 Å². The van der Waals surface area contributed by atoms with Gasteiger partial charge in [0, 0.05) is 30.9 Å². The van der Waals surface area contributed by atoms with Crippen LogP contribution in [0.4, 0.5) is 13.2 Å². The molecule has 8 nitrogen and oxygen atoms in total. The van der Waals surface area contributed by atoms with Crippen LogP contribution in [0.1, 0.15) is 17.7 Å². The van der Waals surface area contributed by atoms with Crippen molar-refractivity contribution in [1.29, 1.82) is 0 Å². The lowest BCUT2D eigenvalue weighted by atomic mass is 10.1. The van der Waals surface area contributed by atoms with Crippen molar-refractivity contribution in [2.75, 3.05) is 19.6 Å². The number of hydrogen-bond donors (Lipinski definition) is 2. The number of alkyl halides is 3. The molecule has 4 aromatic rings. The summed E-state index contributed by atoms with van der Waals surface area (Å²) in [5.74, 6) is 0.00455. The molecule has 0 spiro atoms. The summed E-state index contributed by atoms with van der Waals surface area (Å²) >= 11 is 0. The predicted octanol–water partition coefficient (Wildman–Crippen LogP) is 4.66. The third kappa shape index (κ3) is 6.35. The molecule has 0 radical (unpaired) electrons. The van der Waals surface area contributed by atoms with E-state index < -0.39 is 26.9 Å². The highest BCUT2D eigenvalue weighted by Gasteiger charge is 2.33. The summed E-state index contributed by atoms with van der Waals surface area (Å²) < 4.78 is 72.0. The third-order valence-electron chi connectivity index (χ3n) is 6.59. The minimum Gasteiger partial charge on any atom is -0.378 e. The monoisotopic (exact) mass is 571 g/mol. The van der Waals surface area contributed by atoms with E-state index in [2.05, 4.69) is 15.6 Å². The van der Waals surface area contributed by atoms with Crippen LogP contribution < -0.4 is 14.8 Å². The number of nitrogens with zero attached hydrogens (tertiary/aromatic N) is 3. The molecule has 40 heavy (non-hydrogen) atoms. The van der Waals surface area contributed by atoms with Crippen LogP contribution in [-0.2, 0) is 22.8 Å². The highest BCUT2D eigenvalue weighted by Crippen LogP contribution is 2.35. The van der Waals surface area contributed by atoms with E-state index in [0.29, 0.717) is 42.7 Å². The molecule has 210 valence electrons. The van der Waals surface area contributed by atoms with Gasteiger partial charge in [0.05, 0.1) is 17.9 Å². The number of nitrogens with one attached hydrogen (secondary N) is 2. The van der Waals surface area contributed by atoms with E-state index in [-0.39, 0.29) is 5.75 Å². The molecule has 2 aromatic carbocycles. The molecule has 1 saturated heterocycles. The van der Waals surface area contributed by atoms with Crippen LogP contribution in [0.15, 0.2) is 77.8 Å². The Morgan fingerprint density at radius 1 is 1.10 bits per heavy atom. The molecule has 0 bridgehead atoms. The molecular formula is C28H28F3N5O3S. The Morgan fingerprint density at radius 2 is 1.90 bits per heavy atom. The number of benzene rings is 2. The maximum atomic E-state index is 13.0. The molecule has 2 N–H and O–H groups in total. The molecule has 2 aromatic heterocycles. The van der Waals surface area contributed by atoms with Crippen LogP contribution in [0.5, 0.6) is 5.75 Å². The van der Waals surface area contributed by atoms with Gasteiger partial charge in [-0.25, -0.2) is 0 Å². The zero-order valence-corrected chi connectivity index (χ0v) is 22.5. The molecule has 1 aliphatic heterocycles. The molecule has 0 unspecified atom stereocenters. The van der Waals surface area contributed by atoms with Crippen molar-refractivity contribution in [3.05, 3.63) is 84.2 Å². The van der Waals surface area contributed by atoms with Crippen LogP contribution in [0.25, 0.3) is 22.5 Å². The first-order valence-corrected chi connectivity index (χ1v) is 14.2. The lowest BCUT2D eigenvalue weighted by molar-refractivity contribution is -0.141. The predicted molar refractivity (Wildman–Crippen MR) is 144 cm³/mol. The van der Waals surface area contributed by atoms with Gasteiger partial charge in [-0.2, -0.15) is 26.7 Å². The highest BCUT2D eigenvalue weighted by atomic mass is 32.2. The topological polar surface area (TPSA) is 98.1 Å². The summed E-state index contributed by atoms with van der Waals surface area (Å²) in [6.45, 7) is 5.04. The van der Waals surface area contributed by atoms with Crippen molar-refractivity contribution >= 4 is 10.1 Å². The fraction of sp³-hybridized carbons (Fsp3) is 0.286. The summed E-state index contributed by atoms with van der Waals surface area (Å²) in [6.07, 6.45) is -2.99. The molecule has 3 heterocycles.